The van der Waals surface area contributed by atoms with Crippen molar-refractivity contribution in [1.29, 1.82) is 0 Å². The molecule has 31 heavy (non-hydrogen) atoms. The Bertz CT molecular complexity index is 938. The van der Waals surface area contributed by atoms with Gasteiger partial charge in [-0.05, 0) is 40.7 Å². The van der Waals surface area contributed by atoms with Crippen LogP contribution in [0.5, 0.6) is 11.5 Å². The molecule has 10 nitrogen and oxygen atoms in total. The van der Waals surface area contributed by atoms with Crippen molar-refractivity contribution in [3.05, 3.63) is 22.7 Å². The van der Waals surface area contributed by atoms with Gasteiger partial charge < -0.3 is 26.6 Å². The maximum atomic E-state index is 10.2. The van der Waals surface area contributed by atoms with Crippen LogP contribution >= 0.6 is 11.6 Å². The van der Waals surface area contributed by atoms with Crippen molar-refractivity contribution < 1.29 is 10.2 Å². The van der Waals surface area contributed by atoms with E-state index in [1.54, 1.807) is 6.07 Å². The van der Waals surface area contributed by atoms with E-state index >= 15 is 0 Å². The van der Waals surface area contributed by atoms with Crippen LogP contribution in [0.3, 0.4) is 0 Å². The van der Waals surface area contributed by atoms with E-state index in [4.69, 9.17) is 22.3 Å². The van der Waals surface area contributed by atoms with E-state index in [2.05, 4.69) is 48.8 Å². The lowest BCUT2D eigenvalue weighted by molar-refractivity contribution is 0.400. The lowest BCUT2D eigenvalue weighted by atomic mass is 10.2. The Morgan fingerprint density at radius 2 is 1.71 bits per heavy atom. The molecule has 1 aliphatic heterocycles. The fraction of sp³-hybridized carbons (Fsp3) is 0.500. The number of benzene rings is 1. The van der Waals surface area contributed by atoms with Gasteiger partial charge in [-0.2, -0.15) is 9.97 Å². The van der Waals surface area contributed by atoms with E-state index in [9.17, 15) is 10.2 Å². The molecule has 0 amide bonds. The molecule has 0 saturated heterocycles. The lowest BCUT2D eigenvalue weighted by Crippen LogP contribution is -2.50. The molecule has 0 bridgehead atoms. The van der Waals surface area contributed by atoms with Crippen LogP contribution in [0.1, 0.15) is 40.2 Å². The van der Waals surface area contributed by atoms with Gasteiger partial charge in [0.05, 0.1) is 5.02 Å². The number of nitrogens with two attached hydrogens (primary N) is 1. The molecule has 7 N–H and O–H groups in total. The van der Waals surface area contributed by atoms with Gasteiger partial charge in [0.2, 0.25) is 5.95 Å². The van der Waals surface area contributed by atoms with Gasteiger partial charge in [0.25, 0.3) is 0 Å². The number of hydrogen-bond donors (Lipinski definition) is 6. The number of nitrogens with one attached hydrogen (secondary N) is 3. The molecule has 0 radical (unpaired) electrons. The molecule has 1 aromatic heterocycles. The van der Waals surface area contributed by atoms with E-state index in [0.29, 0.717) is 23.9 Å². The SMILES string of the molecule is CC(N)CNc1nc(NCc2ccc(Cl)c(O)c2O)c2c(n1)N(C(C)C)NN2C(C)C. The van der Waals surface area contributed by atoms with Crippen LogP contribution in [0.2, 0.25) is 5.02 Å². The zero-order chi connectivity index (χ0) is 22.9. The van der Waals surface area contributed by atoms with Gasteiger partial charge in [-0.25, -0.2) is 0 Å². The highest BCUT2D eigenvalue weighted by Crippen LogP contribution is 2.41. The van der Waals surface area contributed by atoms with Gasteiger partial charge in [0, 0.05) is 36.8 Å². The van der Waals surface area contributed by atoms with Crippen LogP contribution in [0.15, 0.2) is 12.1 Å². The van der Waals surface area contributed by atoms with Gasteiger partial charge in [-0.15, -0.1) is 5.53 Å². The molecule has 3 rings (SSSR count). The molecule has 1 aromatic carbocycles. The smallest absolute Gasteiger partial charge is 0.226 e. The molecule has 1 aliphatic rings. The van der Waals surface area contributed by atoms with Crippen LogP contribution in [-0.2, 0) is 6.54 Å². The number of hydrogen-bond acceptors (Lipinski definition) is 10. The molecular formula is C20H31ClN8O2. The first-order valence-corrected chi connectivity index (χ1v) is 10.7. The maximum Gasteiger partial charge on any atom is 0.226 e. The molecule has 0 fully saturated rings. The summed E-state index contributed by atoms with van der Waals surface area (Å²) < 4.78 is 0. The molecule has 0 saturated carbocycles. The number of halogens is 1. The summed E-state index contributed by atoms with van der Waals surface area (Å²) in [5, 5.41) is 30.7. The monoisotopic (exact) mass is 450 g/mol. The fourth-order valence-electron chi connectivity index (χ4n) is 3.15. The van der Waals surface area contributed by atoms with Crippen molar-refractivity contribution in [3.8, 4) is 11.5 Å². The summed E-state index contributed by atoms with van der Waals surface area (Å²) in [6, 6.07) is 3.40. The van der Waals surface area contributed by atoms with Crippen molar-refractivity contribution in [2.75, 3.05) is 27.2 Å². The van der Waals surface area contributed by atoms with Crippen molar-refractivity contribution in [2.45, 2.75) is 59.3 Å². The minimum atomic E-state index is -0.343. The quantitative estimate of drug-likeness (QED) is 0.333. The van der Waals surface area contributed by atoms with Gasteiger partial charge >= 0.3 is 0 Å². The normalized spacial score (nSPS) is 14.4. The first kappa shape index (κ1) is 23.0. The number of aromatic hydroxyl groups is 2. The Hall–Kier alpha value is -2.69. The average Bonchev–Trinajstić information content (AvgIpc) is 3.10. The topological polar surface area (TPSA) is 135 Å². The number of rotatable bonds is 8. The predicted octanol–water partition coefficient (Wildman–Crippen LogP) is 2.78. The third-order valence-electron chi connectivity index (χ3n) is 4.80. The maximum absolute atomic E-state index is 10.2. The molecule has 1 atom stereocenters. The Morgan fingerprint density at radius 3 is 2.32 bits per heavy atom. The molecule has 0 spiro atoms. The fourth-order valence-corrected chi connectivity index (χ4v) is 3.31. The van der Waals surface area contributed by atoms with Gasteiger partial charge in [-0.1, -0.05) is 17.7 Å². The third kappa shape index (κ3) is 4.81. The zero-order valence-electron chi connectivity index (χ0n) is 18.4. The van der Waals surface area contributed by atoms with Crippen LogP contribution in [0.25, 0.3) is 0 Å². The van der Waals surface area contributed by atoms with E-state index in [-0.39, 0.29) is 41.2 Å². The van der Waals surface area contributed by atoms with Crippen molar-refractivity contribution in [3.63, 3.8) is 0 Å². The first-order chi connectivity index (χ1) is 14.6. The molecule has 2 aromatic rings. The minimum Gasteiger partial charge on any atom is -0.504 e. The molecule has 170 valence electrons. The zero-order valence-corrected chi connectivity index (χ0v) is 19.2. The van der Waals surface area contributed by atoms with Gasteiger partial charge in [-0.3, -0.25) is 10.0 Å². The summed E-state index contributed by atoms with van der Waals surface area (Å²) in [6.07, 6.45) is 0. The number of fused-ring (bicyclic) bond motifs is 1. The summed E-state index contributed by atoms with van der Waals surface area (Å²) in [6.45, 7) is 10.9. The number of aromatic nitrogens is 2. The Balaban J connectivity index is 2.01. The lowest BCUT2D eigenvalue weighted by Gasteiger charge is -2.27. The highest BCUT2D eigenvalue weighted by Gasteiger charge is 2.34. The molecule has 2 heterocycles. The molecule has 0 aliphatic carbocycles. The van der Waals surface area contributed by atoms with Gasteiger partial charge in [0.15, 0.2) is 23.1 Å². The molecular weight excluding hydrogens is 420 g/mol. The molecule has 1 unspecified atom stereocenters. The number of hydrazine groups is 2. The predicted molar refractivity (Wildman–Crippen MR) is 125 cm³/mol. The van der Waals surface area contributed by atoms with Gasteiger partial charge in [0.1, 0.15) is 5.69 Å². The summed E-state index contributed by atoms with van der Waals surface area (Å²) in [4.78, 5) is 9.38. The number of phenols is 2. The highest BCUT2D eigenvalue weighted by molar-refractivity contribution is 6.32. The highest BCUT2D eigenvalue weighted by atomic mass is 35.5. The van der Waals surface area contributed by atoms with Crippen LogP contribution in [0.4, 0.5) is 23.3 Å². The second-order valence-electron chi connectivity index (χ2n) is 8.21. The standard InChI is InChI=1S/C20H31ClN8O2/c1-10(2)28-15-18(23-9-13-6-7-14(21)17(31)16(13)30)25-20(24-8-12(5)22)26-19(15)29(27-28)11(3)4/h6-7,10-12,27,30-31H,8-9,22H2,1-5H3,(H2,23,24,25,26). The number of anilines is 4. The van der Waals surface area contributed by atoms with E-state index in [1.807, 2.05) is 16.9 Å². The molecule has 11 heteroatoms. The van der Waals surface area contributed by atoms with Crippen LogP contribution in [-0.4, -0.2) is 44.9 Å². The summed E-state index contributed by atoms with van der Waals surface area (Å²) in [5.74, 6) is 1.15. The first-order valence-electron chi connectivity index (χ1n) is 10.3. The average molecular weight is 451 g/mol. The number of phenolic OH excluding ortho intramolecular Hbond substituents is 2. The second kappa shape index (κ2) is 9.21. The summed E-state index contributed by atoms with van der Waals surface area (Å²) in [7, 11) is 0. The summed E-state index contributed by atoms with van der Waals surface area (Å²) >= 11 is 5.87. The summed E-state index contributed by atoms with van der Waals surface area (Å²) in [5.41, 5.74) is 10.5. The van der Waals surface area contributed by atoms with Crippen molar-refractivity contribution in [1.82, 2.24) is 15.5 Å². The van der Waals surface area contributed by atoms with Crippen LogP contribution in [0, 0.1) is 0 Å². The Labute approximate surface area is 187 Å². The minimum absolute atomic E-state index is 0.0613. The number of nitrogens with zero attached hydrogens (tertiary/aromatic N) is 4. The second-order valence-corrected chi connectivity index (χ2v) is 8.62. The van der Waals surface area contributed by atoms with E-state index in [1.165, 1.54) is 6.07 Å². The van der Waals surface area contributed by atoms with E-state index < -0.39 is 0 Å². The Kier molecular flexibility index (Phi) is 6.83. The van der Waals surface area contributed by atoms with Crippen LogP contribution < -0.4 is 31.9 Å². The third-order valence-corrected chi connectivity index (χ3v) is 5.10. The van der Waals surface area contributed by atoms with Crippen molar-refractivity contribution in [2.24, 2.45) is 5.73 Å². The van der Waals surface area contributed by atoms with Crippen molar-refractivity contribution >= 4 is 34.9 Å². The van der Waals surface area contributed by atoms with E-state index in [0.717, 1.165) is 11.5 Å². The Morgan fingerprint density at radius 1 is 1.03 bits per heavy atom. The largest absolute Gasteiger partial charge is 0.504 e.